The van der Waals surface area contributed by atoms with Gasteiger partial charge in [-0.3, -0.25) is 0 Å². The first-order chi connectivity index (χ1) is 8.58. The summed E-state index contributed by atoms with van der Waals surface area (Å²) < 4.78 is 26.0. The van der Waals surface area contributed by atoms with E-state index in [0.29, 0.717) is 13.0 Å². The topological polar surface area (TPSA) is 70.0 Å². The van der Waals surface area contributed by atoms with Crippen LogP contribution in [-0.4, -0.2) is 20.2 Å². The van der Waals surface area contributed by atoms with Gasteiger partial charge in [0.1, 0.15) is 0 Å². The Hall–Kier alpha value is -0.600. The first-order valence-corrected chi connectivity index (χ1v) is 8.51. The number of unbranched alkanes of at least 4 members (excludes halogenated alkanes) is 5. The first-order valence-electron chi connectivity index (χ1n) is 6.96. The van der Waals surface area contributed by atoms with Crippen LogP contribution in [0.25, 0.3) is 0 Å². The van der Waals surface area contributed by atoms with Crippen molar-refractivity contribution >= 4 is 10.0 Å². The van der Waals surface area contributed by atoms with Gasteiger partial charge in [-0.15, -0.1) is 0 Å². The maximum Gasteiger partial charge on any atom is 0.227 e. The molecule has 0 aromatic heterocycles. The van der Waals surface area contributed by atoms with Gasteiger partial charge in [0.15, 0.2) is 5.25 Å². The fraction of sp³-hybridized carbons (Fsp3) is 0.923. The number of hydrogen-bond donors (Lipinski definition) is 1. The van der Waals surface area contributed by atoms with Crippen LogP contribution in [0.5, 0.6) is 0 Å². The zero-order valence-electron chi connectivity index (χ0n) is 11.6. The van der Waals surface area contributed by atoms with E-state index in [4.69, 9.17) is 5.26 Å². The van der Waals surface area contributed by atoms with E-state index in [1.54, 1.807) is 0 Å². The van der Waals surface area contributed by atoms with E-state index in [1.807, 2.05) is 13.0 Å². The summed E-state index contributed by atoms with van der Waals surface area (Å²) in [5.41, 5.74) is 0. The van der Waals surface area contributed by atoms with Crippen molar-refractivity contribution in [3.8, 4) is 6.07 Å². The minimum absolute atomic E-state index is 0.414. The Labute approximate surface area is 112 Å². The van der Waals surface area contributed by atoms with Crippen LogP contribution in [0.15, 0.2) is 0 Å². The van der Waals surface area contributed by atoms with E-state index in [1.165, 1.54) is 19.3 Å². The molecule has 0 saturated carbocycles. The van der Waals surface area contributed by atoms with Crippen LogP contribution in [0.2, 0.25) is 0 Å². The zero-order chi connectivity index (χ0) is 13.9. The number of sulfonamides is 1. The molecular formula is C13H26N2O2S. The molecule has 18 heavy (non-hydrogen) atoms. The van der Waals surface area contributed by atoms with Crippen LogP contribution < -0.4 is 4.72 Å². The van der Waals surface area contributed by atoms with Gasteiger partial charge in [-0.25, -0.2) is 13.1 Å². The molecule has 0 aromatic rings. The number of nitrogens with one attached hydrogen (secondary N) is 1. The second-order valence-corrected chi connectivity index (χ2v) is 6.56. The summed E-state index contributed by atoms with van der Waals surface area (Å²) in [7, 11) is -3.44. The molecule has 106 valence electrons. The quantitative estimate of drug-likeness (QED) is 0.589. The Morgan fingerprint density at radius 2 is 1.67 bits per heavy atom. The Morgan fingerprint density at radius 1 is 1.06 bits per heavy atom. The largest absolute Gasteiger partial charge is 0.227 e. The Morgan fingerprint density at radius 3 is 2.22 bits per heavy atom. The van der Waals surface area contributed by atoms with Gasteiger partial charge in [-0.05, 0) is 12.8 Å². The highest BCUT2D eigenvalue weighted by Gasteiger charge is 2.23. The molecule has 1 unspecified atom stereocenters. The van der Waals surface area contributed by atoms with Crippen LogP contribution >= 0.6 is 0 Å². The van der Waals surface area contributed by atoms with E-state index >= 15 is 0 Å². The van der Waals surface area contributed by atoms with E-state index < -0.39 is 15.3 Å². The molecule has 0 heterocycles. The molecule has 0 amide bonds. The second-order valence-electron chi connectivity index (χ2n) is 4.61. The molecule has 1 N–H and O–H groups in total. The maximum absolute atomic E-state index is 11.8. The lowest BCUT2D eigenvalue weighted by Crippen LogP contribution is -2.34. The summed E-state index contributed by atoms with van der Waals surface area (Å²) in [4.78, 5) is 0. The second kappa shape index (κ2) is 10.3. The van der Waals surface area contributed by atoms with Gasteiger partial charge in [0.2, 0.25) is 10.0 Å². The van der Waals surface area contributed by atoms with Gasteiger partial charge in [-0.2, -0.15) is 5.26 Å². The summed E-state index contributed by atoms with van der Waals surface area (Å²) in [5, 5.41) is 8.04. The molecule has 0 radical (unpaired) electrons. The molecule has 0 aromatic carbocycles. The minimum atomic E-state index is -3.44. The van der Waals surface area contributed by atoms with E-state index in [-0.39, 0.29) is 0 Å². The van der Waals surface area contributed by atoms with Crippen LogP contribution in [0.4, 0.5) is 0 Å². The normalized spacial score (nSPS) is 13.2. The third-order valence-electron chi connectivity index (χ3n) is 2.89. The van der Waals surface area contributed by atoms with Crippen LogP contribution in [0.1, 0.15) is 65.2 Å². The molecule has 0 rings (SSSR count). The fourth-order valence-electron chi connectivity index (χ4n) is 1.74. The SMILES string of the molecule is CCCCCCCCC(C#N)S(=O)(=O)NCCC. The highest BCUT2D eigenvalue weighted by atomic mass is 32.2. The van der Waals surface area contributed by atoms with Gasteiger partial charge < -0.3 is 0 Å². The van der Waals surface area contributed by atoms with E-state index in [0.717, 1.165) is 25.7 Å². The van der Waals surface area contributed by atoms with Gasteiger partial charge in [0.25, 0.3) is 0 Å². The summed E-state index contributed by atoms with van der Waals surface area (Å²) in [5.74, 6) is 0. The highest BCUT2D eigenvalue weighted by molar-refractivity contribution is 7.90. The van der Waals surface area contributed by atoms with Crippen LogP contribution in [0.3, 0.4) is 0 Å². The van der Waals surface area contributed by atoms with Crippen molar-refractivity contribution in [3.63, 3.8) is 0 Å². The molecule has 0 aliphatic rings. The molecule has 0 bridgehead atoms. The standard InChI is InChI=1S/C13H26N2O2S/c1-3-5-6-7-8-9-10-13(12-14)18(16,17)15-11-4-2/h13,15H,3-11H2,1-2H3. The molecule has 0 spiro atoms. The smallest absolute Gasteiger partial charge is 0.214 e. The summed E-state index contributed by atoms with van der Waals surface area (Å²) in [6.07, 6.45) is 7.80. The number of nitrogens with zero attached hydrogens (tertiary/aromatic N) is 1. The van der Waals surface area contributed by atoms with Crippen molar-refractivity contribution in [2.45, 2.75) is 70.5 Å². The summed E-state index contributed by atoms with van der Waals surface area (Å²) >= 11 is 0. The zero-order valence-corrected chi connectivity index (χ0v) is 12.4. The highest BCUT2D eigenvalue weighted by Crippen LogP contribution is 2.12. The first kappa shape index (κ1) is 17.4. The lowest BCUT2D eigenvalue weighted by Gasteiger charge is -2.11. The minimum Gasteiger partial charge on any atom is -0.214 e. The van der Waals surface area contributed by atoms with Gasteiger partial charge in [0, 0.05) is 6.54 Å². The third kappa shape index (κ3) is 7.67. The Bertz CT molecular complexity index is 333. The fourth-order valence-corrected chi connectivity index (χ4v) is 3.05. The molecule has 0 fully saturated rings. The van der Waals surface area contributed by atoms with Gasteiger partial charge in [-0.1, -0.05) is 52.4 Å². The van der Waals surface area contributed by atoms with Crippen molar-refractivity contribution in [1.29, 1.82) is 5.26 Å². The lowest BCUT2D eigenvalue weighted by molar-refractivity contribution is 0.555. The van der Waals surface area contributed by atoms with Crippen molar-refractivity contribution in [2.24, 2.45) is 0 Å². The summed E-state index contributed by atoms with van der Waals surface area (Å²) in [6.45, 7) is 4.48. The van der Waals surface area contributed by atoms with Gasteiger partial charge in [0.05, 0.1) is 6.07 Å². The monoisotopic (exact) mass is 274 g/mol. The average molecular weight is 274 g/mol. The molecule has 1 atom stereocenters. The Balaban J connectivity index is 3.93. The molecule has 5 heteroatoms. The molecule has 0 aliphatic carbocycles. The van der Waals surface area contributed by atoms with Crippen molar-refractivity contribution < 1.29 is 8.42 Å². The molecular weight excluding hydrogens is 248 g/mol. The maximum atomic E-state index is 11.8. The van der Waals surface area contributed by atoms with Crippen molar-refractivity contribution in [1.82, 2.24) is 4.72 Å². The number of nitriles is 1. The average Bonchev–Trinajstić information content (AvgIpc) is 2.35. The van der Waals surface area contributed by atoms with E-state index in [2.05, 4.69) is 11.6 Å². The van der Waals surface area contributed by atoms with Crippen LogP contribution in [0, 0.1) is 11.3 Å². The number of rotatable bonds is 11. The Kier molecular flexibility index (Phi) is 9.99. The molecule has 4 nitrogen and oxygen atoms in total. The van der Waals surface area contributed by atoms with Crippen molar-refractivity contribution in [2.75, 3.05) is 6.54 Å². The third-order valence-corrected chi connectivity index (χ3v) is 4.59. The predicted octanol–water partition coefficient (Wildman–Crippen LogP) is 2.96. The van der Waals surface area contributed by atoms with Gasteiger partial charge >= 0.3 is 0 Å². The lowest BCUT2D eigenvalue weighted by atomic mass is 10.1. The molecule has 0 saturated heterocycles. The summed E-state index contributed by atoms with van der Waals surface area (Å²) in [6, 6.07) is 1.90. The van der Waals surface area contributed by atoms with E-state index in [9.17, 15) is 8.42 Å². The van der Waals surface area contributed by atoms with Crippen molar-refractivity contribution in [3.05, 3.63) is 0 Å². The molecule has 0 aliphatic heterocycles. The predicted molar refractivity (Wildman–Crippen MR) is 74.6 cm³/mol. The number of hydrogen-bond acceptors (Lipinski definition) is 3. The van der Waals surface area contributed by atoms with Crippen LogP contribution in [-0.2, 0) is 10.0 Å².